The van der Waals surface area contributed by atoms with Crippen molar-refractivity contribution in [2.24, 2.45) is 4.99 Å². The first-order valence-corrected chi connectivity index (χ1v) is 10.5. The molecule has 0 N–H and O–H groups in total. The SMILES string of the molecule is CCn1c(=NC(=O)CCSc2ccccc2)sc2cc(OC)c(OC)cc21. The molecule has 0 atom stereocenters. The molecule has 0 aliphatic heterocycles. The van der Waals surface area contributed by atoms with E-state index in [1.807, 2.05) is 54.0 Å². The number of amides is 1. The highest BCUT2D eigenvalue weighted by molar-refractivity contribution is 7.99. The van der Waals surface area contributed by atoms with Gasteiger partial charge in [-0.05, 0) is 19.1 Å². The van der Waals surface area contributed by atoms with Gasteiger partial charge in [0.15, 0.2) is 16.3 Å². The fourth-order valence-corrected chi connectivity index (χ4v) is 4.71. The van der Waals surface area contributed by atoms with Crippen molar-refractivity contribution in [1.29, 1.82) is 0 Å². The summed E-state index contributed by atoms with van der Waals surface area (Å²) in [6.07, 6.45) is 0.407. The maximum Gasteiger partial charge on any atom is 0.249 e. The van der Waals surface area contributed by atoms with Gasteiger partial charge in [-0.15, -0.1) is 11.8 Å². The highest BCUT2D eigenvalue weighted by atomic mass is 32.2. The first kappa shape index (κ1) is 19.5. The lowest BCUT2D eigenvalue weighted by Gasteiger charge is -2.08. The van der Waals surface area contributed by atoms with Crippen molar-refractivity contribution in [3.8, 4) is 11.5 Å². The number of hydrogen-bond acceptors (Lipinski definition) is 5. The molecule has 0 bridgehead atoms. The van der Waals surface area contributed by atoms with Gasteiger partial charge in [0.2, 0.25) is 5.91 Å². The lowest BCUT2D eigenvalue weighted by molar-refractivity contribution is -0.117. The van der Waals surface area contributed by atoms with Gasteiger partial charge in [-0.3, -0.25) is 4.79 Å². The Morgan fingerprint density at radius 3 is 2.52 bits per heavy atom. The Morgan fingerprint density at radius 2 is 1.85 bits per heavy atom. The number of hydrogen-bond donors (Lipinski definition) is 0. The van der Waals surface area contributed by atoms with E-state index in [2.05, 4.69) is 4.99 Å². The molecule has 3 aromatic rings. The molecular formula is C20H22N2O3S2. The lowest BCUT2D eigenvalue weighted by Crippen LogP contribution is -2.16. The minimum absolute atomic E-state index is 0.105. The monoisotopic (exact) mass is 402 g/mol. The smallest absolute Gasteiger partial charge is 0.249 e. The highest BCUT2D eigenvalue weighted by Crippen LogP contribution is 2.33. The molecule has 0 fully saturated rings. The van der Waals surface area contributed by atoms with Crippen LogP contribution >= 0.6 is 23.1 Å². The van der Waals surface area contributed by atoms with Crippen molar-refractivity contribution in [3.05, 3.63) is 47.3 Å². The average molecular weight is 403 g/mol. The summed E-state index contributed by atoms with van der Waals surface area (Å²) in [5, 5.41) is 0. The number of aryl methyl sites for hydroxylation is 1. The van der Waals surface area contributed by atoms with Gasteiger partial charge in [-0.2, -0.15) is 4.99 Å². The third-order valence-corrected chi connectivity index (χ3v) is 6.11. The molecule has 0 unspecified atom stereocenters. The molecule has 27 heavy (non-hydrogen) atoms. The Bertz CT molecular complexity index is 994. The molecule has 2 aromatic carbocycles. The van der Waals surface area contributed by atoms with Gasteiger partial charge in [0.05, 0.1) is 24.4 Å². The van der Waals surface area contributed by atoms with Crippen molar-refractivity contribution in [3.63, 3.8) is 0 Å². The van der Waals surface area contributed by atoms with Crippen molar-refractivity contribution in [1.82, 2.24) is 4.57 Å². The van der Waals surface area contributed by atoms with Crippen LogP contribution in [0.3, 0.4) is 0 Å². The van der Waals surface area contributed by atoms with Crippen LogP contribution in [0.15, 0.2) is 52.4 Å². The number of rotatable bonds is 7. The van der Waals surface area contributed by atoms with Crippen LogP contribution in [0.25, 0.3) is 10.2 Å². The molecule has 0 saturated heterocycles. The van der Waals surface area contributed by atoms with Gasteiger partial charge in [0.1, 0.15) is 0 Å². The largest absolute Gasteiger partial charge is 0.493 e. The summed E-state index contributed by atoms with van der Waals surface area (Å²) >= 11 is 3.16. The summed E-state index contributed by atoms with van der Waals surface area (Å²) < 4.78 is 13.8. The third-order valence-electron chi connectivity index (χ3n) is 4.05. The van der Waals surface area contributed by atoms with Gasteiger partial charge >= 0.3 is 0 Å². The van der Waals surface area contributed by atoms with Crippen LogP contribution in [0.1, 0.15) is 13.3 Å². The minimum atomic E-state index is -0.105. The Kier molecular flexibility index (Phi) is 6.58. The van der Waals surface area contributed by atoms with E-state index in [9.17, 15) is 4.79 Å². The van der Waals surface area contributed by atoms with Gasteiger partial charge in [-0.1, -0.05) is 29.5 Å². The van der Waals surface area contributed by atoms with Crippen LogP contribution in [0.2, 0.25) is 0 Å². The number of thioether (sulfide) groups is 1. The summed E-state index contributed by atoms with van der Waals surface area (Å²) in [5.74, 6) is 1.95. The van der Waals surface area contributed by atoms with Gasteiger partial charge in [-0.25, -0.2) is 0 Å². The molecule has 7 heteroatoms. The normalized spacial score (nSPS) is 11.7. The number of carbonyl (C=O) groups excluding carboxylic acids is 1. The van der Waals surface area contributed by atoms with E-state index in [-0.39, 0.29) is 5.91 Å². The predicted octanol–water partition coefficient (Wildman–Crippen LogP) is 4.35. The quantitative estimate of drug-likeness (QED) is 0.552. The van der Waals surface area contributed by atoms with Crippen LogP contribution in [0, 0.1) is 0 Å². The maximum atomic E-state index is 12.4. The van der Waals surface area contributed by atoms with Crippen LogP contribution in [-0.4, -0.2) is 30.4 Å². The Labute approximate surface area is 166 Å². The Balaban J connectivity index is 1.82. The first-order valence-electron chi connectivity index (χ1n) is 8.67. The number of carbonyl (C=O) groups is 1. The van der Waals surface area contributed by atoms with E-state index >= 15 is 0 Å². The van der Waals surface area contributed by atoms with Crippen LogP contribution in [-0.2, 0) is 11.3 Å². The maximum absolute atomic E-state index is 12.4. The minimum Gasteiger partial charge on any atom is -0.493 e. The zero-order valence-electron chi connectivity index (χ0n) is 15.6. The van der Waals surface area contributed by atoms with E-state index in [1.165, 1.54) is 11.3 Å². The fourth-order valence-electron chi connectivity index (χ4n) is 2.72. The molecule has 0 saturated carbocycles. The van der Waals surface area contributed by atoms with Crippen molar-refractivity contribution in [2.75, 3.05) is 20.0 Å². The number of thiazole rings is 1. The summed E-state index contributed by atoms with van der Waals surface area (Å²) in [4.78, 5) is 18.6. The van der Waals surface area contributed by atoms with Gasteiger partial charge < -0.3 is 14.0 Å². The molecule has 1 amide bonds. The summed E-state index contributed by atoms with van der Waals surface area (Å²) in [6, 6.07) is 13.9. The predicted molar refractivity (Wildman–Crippen MR) is 111 cm³/mol. The summed E-state index contributed by atoms with van der Waals surface area (Å²) in [6.45, 7) is 2.76. The summed E-state index contributed by atoms with van der Waals surface area (Å²) in [5.41, 5.74) is 0.991. The molecule has 3 rings (SSSR count). The van der Waals surface area contributed by atoms with E-state index in [1.54, 1.807) is 26.0 Å². The van der Waals surface area contributed by atoms with Gasteiger partial charge in [0, 0.05) is 35.7 Å². The number of fused-ring (bicyclic) bond motifs is 1. The van der Waals surface area contributed by atoms with Gasteiger partial charge in [0.25, 0.3) is 0 Å². The number of ether oxygens (including phenoxy) is 2. The van der Waals surface area contributed by atoms with Crippen molar-refractivity contribution in [2.45, 2.75) is 24.8 Å². The van der Waals surface area contributed by atoms with Crippen LogP contribution < -0.4 is 14.3 Å². The number of benzene rings is 2. The zero-order valence-corrected chi connectivity index (χ0v) is 17.2. The van der Waals surface area contributed by atoms with Crippen LogP contribution in [0.5, 0.6) is 11.5 Å². The molecule has 0 aliphatic carbocycles. The standard InChI is InChI=1S/C20H22N2O3S2/c1-4-22-15-12-16(24-2)17(25-3)13-18(15)27-20(22)21-19(23)10-11-26-14-8-6-5-7-9-14/h5-9,12-13H,4,10-11H2,1-3H3. The molecule has 0 radical (unpaired) electrons. The Hall–Kier alpha value is -2.25. The second kappa shape index (κ2) is 9.10. The molecule has 5 nitrogen and oxygen atoms in total. The molecule has 1 heterocycles. The van der Waals surface area contributed by atoms with Crippen molar-refractivity contribution >= 4 is 39.2 Å². The summed E-state index contributed by atoms with van der Waals surface area (Å²) in [7, 11) is 3.23. The average Bonchev–Trinajstić information content (AvgIpc) is 3.03. The zero-order chi connectivity index (χ0) is 19.2. The second-order valence-electron chi connectivity index (χ2n) is 5.72. The number of aromatic nitrogens is 1. The Morgan fingerprint density at radius 1 is 1.15 bits per heavy atom. The number of methoxy groups -OCH3 is 2. The van der Waals surface area contributed by atoms with E-state index in [0.717, 1.165) is 21.7 Å². The lowest BCUT2D eigenvalue weighted by atomic mass is 10.3. The number of nitrogens with zero attached hydrogens (tertiary/aromatic N) is 2. The molecule has 0 spiro atoms. The van der Waals surface area contributed by atoms with E-state index < -0.39 is 0 Å². The van der Waals surface area contributed by atoms with E-state index in [4.69, 9.17) is 9.47 Å². The fraction of sp³-hybridized carbons (Fsp3) is 0.300. The molecule has 142 valence electrons. The molecular weight excluding hydrogens is 380 g/mol. The van der Waals surface area contributed by atoms with Crippen LogP contribution in [0.4, 0.5) is 0 Å². The third kappa shape index (κ3) is 4.54. The topological polar surface area (TPSA) is 52.8 Å². The first-order chi connectivity index (χ1) is 13.2. The van der Waals surface area contributed by atoms with Crippen molar-refractivity contribution < 1.29 is 14.3 Å². The molecule has 0 aliphatic rings. The molecule has 1 aromatic heterocycles. The second-order valence-corrected chi connectivity index (χ2v) is 7.90. The van der Waals surface area contributed by atoms with E-state index in [0.29, 0.717) is 28.5 Å². The highest BCUT2D eigenvalue weighted by Gasteiger charge is 2.12.